The van der Waals surface area contributed by atoms with E-state index < -0.39 is 6.04 Å². The number of piperidine rings is 1. The molecule has 1 heterocycles. The van der Waals surface area contributed by atoms with Crippen molar-refractivity contribution < 1.29 is 18.7 Å². The minimum atomic E-state index is -0.648. The van der Waals surface area contributed by atoms with E-state index in [4.69, 9.17) is 10.5 Å². The SMILES string of the molecule is COCC(N)C(=O)N1CCC(NC(=O)c2ccc(F)cc2)CC1. The van der Waals surface area contributed by atoms with Crippen LogP contribution in [0.15, 0.2) is 24.3 Å². The van der Waals surface area contributed by atoms with Gasteiger partial charge in [0.15, 0.2) is 0 Å². The van der Waals surface area contributed by atoms with Crippen molar-refractivity contribution in [3.05, 3.63) is 35.6 Å². The van der Waals surface area contributed by atoms with Crippen LogP contribution in [0, 0.1) is 5.82 Å². The molecule has 1 atom stereocenters. The third-order valence-electron chi connectivity index (χ3n) is 3.91. The molecule has 1 unspecified atom stereocenters. The second kappa shape index (κ2) is 8.03. The Labute approximate surface area is 134 Å². The number of carbonyl (C=O) groups is 2. The molecular weight excluding hydrogens is 301 g/mol. The Balaban J connectivity index is 1.81. The molecule has 1 aliphatic rings. The minimum Gasteiger partial charge on any atom is -0.383 e. The molecule has 1 aromatic rings. The van der Waals surface area contributed by atoms with Gasteiger partial charge < -0.3 is 20.7 Å². The lowest BCUT2D eigenvalue weighted by molar-refractivity contribution is -0.134. The minimum absolute atomic E-state index is 0.00440. The van der Waals surface area contributed by atoms with Gasteiger partial charge in [-0.25, -0.2) is 4.39 Å². The summed E-state index contributed by atoms with van der Waals surface area (Å²) in [6.45, 7) is 1.29. The Morgan fingerprint density at radius 2 is 1.96 bits per heavy atom. The summed E-state index contributed by atoms with van der Waals surface area (Å²) < 4.78 is 17.7. The molecule has 6 nitrogen and oxygen atoms in total. The van der Waals surface area contributed by atoms with Gasteiger partial charge in [0.25, 0.3) is 5.91 Å². The number of nitrogens with two attached hydrogens (primary N) is 1. The summed E-state index contributed by atoms with van der Waals surface area (Å²) in [4.78, 5) is 25.8. The molecule has 23 heavy (non-hydrogen) atoms. The van der Waals surface area contributed by atoms with Crippen molar-refractivity contribution in [1.82, 2.24) is 10.2 Å². The fraction of sp³-hybridized carbons (Fsp3) is 0.500. The number of amides is 2. The summed E-state index contributed by atoms with van der Waals surface area (Å²) >= 11 is 0. The van der Waals surface area contributed by atoms with Crippen LogP contribution in [0.4, 0.5) is 4.39 Å². The average molecular weight is 323 g/mol. The first kappa shape index (κ1) is 17.4. The van der Waals surface area contributed by atoms with Crippen LogP contribution in [0.5, 0.6) is 0 Å². The highest BCUT2D eigenvalue weighted by Crippen LogP contribution is 2.12. The fourth-order valence-electron chi connectivity index (χ4n) is 2.60. The molecule has 0 saturated carbocycles. The van der Waals surface area contributed by atoms with Gasteiger partial charge in [-0.1, -0.05) is 0 Å². The number of rotatable bonds is 5. The molecule has 0 aromatic heterocycles. The zero-order valence-electron chi connectivity index (χ0n) is 13.1. The lowest BCUT2D eigenvalue weighted by Gasteiger charge is -2.33. The number of carbonyl (C=O) groups excluding carboxylic acids is 2. The van der Waals surface area contributed by atoms with Crippen molar-refractivity contribution >= 4 is 11.8 Å². The highest BCUT2D eigenvalue weighted by molar-refractivity contribution is 5.94. The quantitative estimate of drug-likeness (QED) is 0.827. The van der Waals surface area contributed by atoms with Crippen LogP contribution in [-0.4, -0.2) is 55.6 Å². The van der Waals surface area contributed by atoms with Gasteiger partial charge in [-0.05, 0) is 37.1 Å². The van der Waals surface area contributed by atoms with E-state index in [0.29, 0.717) is 31.5 Å². The molecule has 0 spiro atoms. The fourth-order valence-corrected chi connectivity index (χ4v) is 2.60. The van der Waals surface area contributed by atoms with E-state index in [-0.39, 0.29) is 30.3 Å². The maximum atomic E-state index is 12.9. The first-order chi connectivity index (χ1) is 11.0. The number of hydrogen-bond acceptors (Lipinski definition) is 4. The molecule has 0 bridgehead atoms. The predicted molar refractivity (Wildman–Crippen MR) is 83.3 cm³/mol. The lowest BCUT2D eigenvalue weighted by Crippen LogP contribution is -2.52. The summed E-state index contributed by atoms with van der Waals surface area (Å²) in [6.07, 6.45) is 1.33. The summed E-state index contributed by atoms with van der Waals surface area (Å²) in [5, 5.41) is 2.91. The Bertz CT molecular complexity index is 542. The maximum Gasteiger partial charge on any atom is 0.251 e. The standard InChI is InChI=1S/C16H22FN3O3/c1-23-10-14(18)16(22)20-8-6-13(7-9-20)19-15(21)11-2-4-12(17)5-3-11/h2-5,13-14H,6-10,18H2,1H3,(H,19,21). The van der Waals surface area contributed by atoms with Crippen molar-refractivity contribution in [1.29, 1.82) is 0 Å². The van der Waals surface area contributed by atoms with E-state index >= 15 is 0 Å². The van der Waals surface area contributed by atoms with Gasteiger partial charge in [-0.15, -0.1) is 0 Å². The van der Waals surface area contributed by atoms with Crippen LogP contribution in [-0.2, 0) is 9.53 Å². The Morgan fingerprint density at radius 1 is 1.35 bits per heavy atom. The molecular formula is C16H22FN3O3. The molecule has 1 aromatic carbocycles. The van der Waals surface area contributed by atoms with Gasteiger partial charge in [0.2, 0.25) is 5.91 Å². The van der Waals surface area contributed by atoms with Crippen LogP contribution in [0.3, 0.4) is 0 Å². The van der Waals surface area contributed by atoms with Crippen molar-refractivity contribution in [3.8, 4) is 0 Å². The number of nitrogens with one attached hydrogen (secondary N) is 1. The van der Waals surface area contributed by atoms with Crippen LogP contribution in [0.2, 0.25) is 0 Å². The average Bonchev–Trinajstić information content (AvgIpc) is 2.55. The van der Waals surface area contributed by atoms with Crippen LogP contribution >= 0.6 is 0 Å². The number of benzene rings is 1. The molecule has 1 saturated heterocycles. The predicted octanol–water partition coefficient (Wildman–Crippen LogP) is 0.520. The Hall–Kier alpha value is -1.99. The van der Waals surface area contributed by atoms with E-state index in [1.54, 1.807) is 4.90 Å². The molecule has 1 aliphatic heterocycles. The van der Waals surface area contributed by atoms with Gasteiger partial charge in [0.05, 0.1) is 6.61 Å². The zero-order valence-corrected chi connectivity index (χ0v) is 13.1. The summed E-state index contributed by atoms with van der Waals surface area (Å²) in [5.74, 6) is -0.734. The van der Waals surface area contributed by atoms with Crippen molar-refractivity contribution in [2.24, 2.45) is 5.73 Å². The highest BCUT2D eigenvalue weighted by atomic mass is 19.1. The molecule has 126 valence electrons. The van der Waals surface area contributed by atoms with Crippen molar-refractivity contribution in [3.63, 3.8) is 0 Å². The van der Waals surface area contributed by atoms with Gasteiger partial charge in [-0.3, -0.25) is 9.59 Å². The van der Waals surface area contributed by atoms with Gasteiger partial charge in [0, 0.05) is 31.8 Å². The molecule has 3 N–H and O–H groups in total. The van der Waals surface area contributed by atoms with E-state index in [2.05, 4.69) is 5.32 Å². The topological polar surface area (TPSA) is 84.7 Å². The second-order valence-electron chi connectivity index (χ2n) is 5.64. The van der Waals surface area contributed by atoms with E-state index in [1.165, 1.54) is 31.4 Å². The molecule has 1 fully saturated rings. The van der Waals surface area contributed by atoms with Crippen LogP contribution < -0.4 is 11.1 Å². The number of nitrogens with zero attached hydrogens (tertiary/aromatic N) is 1. The van der Waals surface area contributed by atoms with Crippen LogP contribution in [0.1, 0.15) is 23.2 Å². The molecule has 0 aliphatic carbocycles. The Kier molecular flexibility index (Phi) is 6.06. The first-order valence-corrected chi connectivity index (χ1v) is 7.61. The van der Waals surface area contributed by atoms with Gasteiger partial charge >= 0.3 is 0 Å². The second-order valence-corrected chi connectivity index (χ2v) is 5.64. The smallest absolute Gasteiger partial charge is 0.251 e. The molecule has 7 heteroatoms. The van der Waals surface area contributed by atoms with Crippen molar-refractivity contribution in [2.45, 2.75) is 24.9 Å². The zero-order chi connectivity index (χ0) is 16.8. The third-order valence-corrected chi connectivity index (χ3v) is 3.91. The molecule has 2 rings (SSSR count). The third kappa shape index (κ3) is 4.74. The van der Waals surface area contributed by atoms with E-state index in [1.807, 2.05) is 0 Å². The highest BCUT2D eigenvalue weighted by Gasteiger charge is 2.27. The number of hydrogen-bond donors (Lipinski definition) is 2. The van der Waals surface area contributed by atoms with Crippen LogP contribution in [0.25, 0.3) is 0 Å². The maximum absolute atomic E-state index is 12.9. The summed E-state index contributed by atoms with van der Waals surface area (Å²) in [5.41, 5.74) is 6.17. The summed E-state index contributed by atoms with van der Waals surface area (Å²) in [6, 6.07) is 4.77. The number of methoxy groups -OCH3 is 1. The molecule has 2 amide bonds. The normalized spacial score (nSPS) is 16.9. The summed E-state index contributed by atoms with van der Waals surface area (Å²) in [7, 11) is 1.50. The molecule has 0 radical (unpaired) electrons. The van der Waals surface area contributed by atoms with E-state index in [0.717, 1.165) is 0 Å². The lowest BCUT2D eigenvalue weighted by atomic mass is 10.0. The number of ether oxygens (including phenoxy) is 1. The van der Waals surface area contributed by atoms with Gasteiger partial charge in [0.1, 0.15) is 11.9 Å². The Morgan fingerprint density at radius 3 is 2.52 bits per heavy atom. The van der Waals surface area contributed by atoms with Gasteiger partial charge in [-0.2, -0.15) is 0 Å². The monoisotopic (exact) mass is 323 g/mol. The number of likely N-dealkylation sites (tertiary alicyclic amines) is 1. The van der Waals surface area contributed by atoms with Crippen molar-refractivity contribution in [2.75, 3.05) is 26.8 Å². The number of halogens is 1. The van der Waals surface area contributed by atoms with E-state index in [9.17, 15) is 14.0 Å². The first-order valence-electron chi connectivity index (χ1n) is 7.61. The largest absolute Gasteiger partial charge is 0.383 e.